The molecule has 0 fully saturated rings. The first kappa shape index (κ1) is 14.8. The van der Waals surface area contributed by atoms with E-state index in [-0.39, 0.29) is 12.0 Å². The van der Waals surface area contributed by atoms with Crippen LogP contribution < -0.4 is 5.32 Å². The van der Waals surface area contributed by atoms with Crippen LogP contribution in [0.15, 0.2) is 28.8 Å². The monoisotopic (exact) mass is 295 g/mol. The summed E-state index contributed by atoms with van der Waals surface area (Å²) in [5.74, 6) is 1.39. The molecule has 2 rings (SSSR count). The van der Waals surface area contributed by atoms with Crippen LogP contribution in [0.5, 0.6) is 0 Å². The number of halogens is 1. The fourth-order valence-corrected chi connectivity index (χ4v) is 2.00. The summed E-state index contributed by atoms with van der Waals surface area (Å²) in [4.78, 5) is 4.34. The third-order valence-electron chi connectivity index (χ3n) is 2.89. The van der Waals surface area contributed by atoms with Gasteiger partial charge in [-0.3, -0.25) is 0 Å². The van der Waals surface area contributed by atoms with E-state index in [9.17, 15) is 0 Å². The average Bonchev–Trinajstić information content (AvgIpc) is 2.87. The van der Waals surface area contributed by atoms with Crippen LogP contribution in [-0.2, 0) is 11.3 Å². The van der Waals surface area contributed by atoms with Gasteiger partial charge < -0.3 is 14.6 Å². The number of methoxy groups -OCH3 is 1. The van der Waals surface area contributed by atoms with Crippen molar-refractivity contribution in [3.8, 4) is 0 Å². The molecule has 0 saturated heterocycles. The van der Waals surface area contributed by atoms with Crippen LogP contribution >= 0.6 is 11.6 Å². The van der Waals surface area contributed by atoms with Crippen LogP contribution in [0.25, 0.3) is 0 Å². The van der Waals surface area contributed by atoms with Gasteiger partial charge in [-0.25, -0.2) is 0 Å². The van der Waals surface area contributed by atoms with Gasteiger partial charge in [-0.15, -0.1) is 0 Å². The van der Waals surface area contributed by atoms with Gasteiger partial charge in [0.15, 0.2) is 0 Å². The summed E-state index contributed by atoms with van der Waals surface area (Å²) in [5.41, 5.74) is 0.946. The molecule has 1 aromatic heterocycles. The molecule has 1 atom stereocenters. The molecule has 0 aliphatic carbocycles. The second kappa shape index (κ2) is 6.72. The smallest absolute Gasteiger partial charge is 0.246 e. The Bertz CT molecular complexity index is 540. The number of benzene rings is 1. The van der Waals surface area contributed by atoms with E-state index in [0.29, 0.717) is 23.3 Å². The standard InChI is InChI=1S/C14H18ClN3O2/c1-9(2)13(19-3)14-17-12(20-18-14)8-16-11-6-4-10(15)5-7-11/h4-7,9,13,16H,8H2,1-3H3. The zero-order valence-corrected chi connectivity index (χ0v) is 12.5. The maximum absolute atomic E-state index is 5.83. The van der Waals surface area contributed by atoms with E-state index >= 15 is 0 Å². The molecule has 1 heterocycles. The molecule has 5 nitrogen and oxygen atoms in total. The molecule has 1 aromatic carbocycles. The maximum atomic E-state index is 5.83. The van der Waals surface area contributed by atoms with Crippen molar-refractivity contribution in [2.45, 2.75) is 26.5 Å². The molecule has 0 saturated carbocycles. The number of hydrogen-bond acceptors (Lipinski definition) is 5. The molecule has 1 N–H and O–H groups in total. The van der Waals surface area contributed by atoms with E-state index in [2.05, 4.69) is 29.3 Å². The predicted molar refractivity (Wildman–Crippen MR) is 77.7 cm³/mol. The summed E-state index contributed by atoms with van der Waals surface area (Å²) < 4.78 is 10.6. The van der Waals surface area contributed by atoms with Gasteiger partial charge in [0.25, 0.3) is 0 Å². The second-order valence-electron chi connectivity index (χ2n) is 4.81. The Balaban J connectivity index is 1.97. The molecular formula is C14H18ClN3O2. The van der Waals surface area contributed by atoms with Crippen molar-refractivity contribution in [1.29, 1.82) is 0 Å². The lowest BCUT2D eigenvalue weighted by atomic mass is 10.1. The Hall–Kier alpha value is -1.59. The number of anilines is 1. The summed E-state index contributed by atoms with van der Waals surface area (Å²) in [6.07, 6.45) is -0.150. The Morgan fingerprint density at radius 1 is 1.30 bits per heavy atom. The van der Waals surface area contributed by atoms with Crippen molar-refractivity contribution in [3.63, 3.8) is 0 Å². The molecular weight excluding hydrogens is 278 g/mol. The third-order valence-corrected chi connectivity index (χ3v) is 3.14. The normalized spacial score (nSPS) is 12.7. The molecule has 2 aromatic rings. The van der Waals surface area contributed by atoms with Gasteiger partial charge in [0.2, 0.25) is 11.7 Å². The van der Waals surface area contributed by atoms with E-state index in [4.69, 9.17) is 20.9 Å². The van der Waals surface area contributed by atoms with Crippen molar-refractivity contribution in [1.82, 2.24) is 10.1 Å². The van der Waals surface area contributed by atoms with Crippen LogP contribution in [0.3, 0.4) is 0 Å². The quantitative estimate of drug-likeness (QED) is 0.881. The van der Waals surface area contributed by atoms with Crippen molar-refractivity contribution in [2.75, 3.05) is 12.4 Å². The number of nitrogens with one attached hydrogen (secondary N) is 1. The van der Waals surface area contributed by atoms with Crippen LogP contribution in [0.2, 0.25) is 5.02 Å². The lowest BCUT2D eigenvalue weighted by molar-refractivity contribution is 0.0555. The van der Waals surface area contributed by atoms with Crippen molar-refractivity contribution < 1.29 is 9.26 Å². The Morgan fingerprint density at radius 3 is 2.60 bits per heavy atom. The van der Waals surface area contributed by atoms with Crippen molar-refractivity contribution in [2.24, 2.45) is 5.92 Å². The van der Waals surface area contributed by atoms with Gasteiger partial charge in [0, 0.05) is 17.8 Å². The molecule has 0 aliphatic heterocycles. The number of aromatic nitrogens is 2. The van der Waals surface area contributed by atoms with E-state index < -0.39 is 0 Å². The van der Waals surface area contributed by atoms with E-state index in [0.717, 1.165) is 5.69 Å². The largest absolute Gasteiger partial charge is 0.376 e. The van der Waals surface area contributed by atoms with Crippen LogP contribution in [0.1, 0.15) is 31.7 Å². The molecule has 0 spiro atoms. The summed E-state index contributed by atoms with van der Waals surface area (Å²) in [6.45, 7) is 4.56. The van der Waals surface area contributed by atoms with Crippen molar-refractivity contribution in [3.05, 3.63) is 41.0 Å². The molecule has 0 radical (unpaired) electrons. The Morgan fingerprint density at radius 2 is 2.00 bits per heavy atom. The van der Waals surface area contributed by atoms with Crippen LogP contribution in [0.4, 0.5) is 5.69 Å². The number of nitrogens with zero attached hydrogens (tertiary/aromatic N) is 2. The Labute approximate surface area is 123 Å². The van der Waals surface area contributed by atoms with E-state index in [1.807, 2.05) is 24.3 Å². The van der Waals surface area contributed by atoms with Crippen molar-refractivity contribution >= 4 is 17.3 Å². The van der Waals surface area contributed by atoms with Gasteiger partial charge >= 0.3 is 0 Å². The zero-order chi connectivity index (χ0) is 14.5. The van der Waals surface area contributed by atoms with Crippen LogP contribution in [-0.4, -0.2) is 17.3 Å². The first-order valence-corrected chi connectivity index (χ1v) is 6.82. The highest BCUT2D eigenvalue weighted by Gasteiger charge is 2.21. The maximum Gasteiger partial charge on any atom is 0.246 e. The third kappa shape index (κ3) is 3.71. The fraction of sp³-hybridized carbons (Fsp3) is 0.429. The Kier molecular flexibility index (Phi) is 4.98. The molecule has 6 heteroatoms. The zero-order valence-electron chi connectivity index (χ0n) is 11.8. The van der Waals surface area contributed by atoms with E-state index in [1.165, 1.54) is 0 Å². The minimum atomic E-state index is -0.150. The number of ether oxygens (including phenoxy) is 1. The molecule has 0 bridgehead atoms. The van der Waals surface area contributed by atoms with E-state index in [1.54, 1.807) is 7.11 Å². The molecule has 108 valence electrons. The lowest BCUT2D eigenvalue weighted by Gasteiger charge is -2.14. The van der Waals surface area contributed by atoms with Crippen LogP contribution in [0, 0.1) is 5.92 Å². The second-order valence-corrected chi connectivity index (χ2v) is 5.24. The summed E-state index contributed by atoms with van der Waals surface area (Å²) in [7, 11) is 1.65. The summed E-state index contributed by atoms with van der Waals surface area (Å²) in [6, 6.07) is 7.43. The summed E-state index contributed by atoms with van der Waals surface area (Å²) >= 11 is 5.83. The fourth-order valence-electron chi connectivity index (χ4n) is 1.88. The van der Waals surface area contributed by atoms with Gasteiger partial charge in [-0.1, -0.05) is 30.6 Å². The first-order chi connectivity index (χ1) is 9.60. The lowest BCUT2D eigenvalue weighted by Crippen LogP contribution is -2.11. The number of hydrogen-bond donors (Lipinski definition) is 1. The van der Waals surface area contributed by atoms with Gasteiger partial charge in [0.1, 0.15) is 6.10 Å². The molecule has 0 aliphatic rings. The number of rotatable bonds is 6. The highest BCUT2D eigenvalue weighted by molar-refractivity contribution is 6.30. The predicted octanol–water partition coefficient (Wildman–Crippen LogP) is 3.68. The highest BCUT2D eigenvalue weighted by Crippen LogP contribution is 2.22. The molecule has 20 heavy (non-hydrogen) atoms. The highest BCUT2D eigenvalue weighted by atomic mass is 35.5. The minimum Gasteiger partial charge on any atom is -0.376 e. The average molecular weight is 296 g/mol. The first-order valence-electron chi connectivity index (χ1n) is 6.45. The SMILES string of the molecule is COC(c1noc(CNc2ccc(Cl)cc2)n1)C(C)C. The minimum absolute atomic E-state index is 0.150. The molecule has 0 amide bonds. The van der Waals surface area contributed by atoms with Gasteiger partial charge in [-0.05, 0) is 30.2 Å². The van der Waals surface area contributed by atoms with Gasteiger partial charge in [0.05, 0.1) is 6.54 Å². The van der Waals surface area contributed by atoms with Gasteiger partial charge in [-0.2, -0.15) is 4.98 Å². The topological polar surface area (TPSA) is 60.2 Å². The summed E-state index contributed by atoms with van der Waals surface area (Å²) in [5, 5.41) is 7.86. The molecule has 1 unspecified atom stereocenters.